The number of nitrogens with zero attached hydrogens (tertiary/aromatic N) is 1. The van der Waals surface area contributed by atoms with Crippen LogP contribution in [0, 0.1) is 5.41 Å². The molecule has 1 unspecified atom stereocenters. The lowest BCUT2D eigenvalue weighted by molar-refractivity contribution is -0.139. The van der Waals surface area contributed by atoms with Crippen molar-refractivity contribution in [2.45, 2.75) is 45.6 Å². The molecule has 1 atom stereocenters. The van der Waals surface area contributed by atoms with Crippen LogP contribution in [0.25, 0.3) is 0 Å². The van der Waals surface area contributed by atoms with Gasteiger partial charge in [0.05, 0.1) is 0 Å². The third kappa shape index (κ3) is 3.78. The molecule has 1 amide bonds. The Bertz CT molecular complexity index is 465. The summed E-state index contributed by atoms with van der Waals surface area (Å²) < 4.78 is 0. The fourth-order valence-electron chi connectivity index (χ4n) is 2.84. The van der Waals surface area contributed by atoms with E-state index < -0.39 is 5.54 Å². The van der Waals surface area contributed by atoms with Crippen molar-refractivity contribution < 1.29 is 4.79 Å². The van der Waals surface area contributed by atoms with Crippen molar-refractivity contribution in [3.05, 3.63) is 35.9 Å². The predicted molar refractivity (Wildman–Crippen MR) is 89.4 cm³/mol. The van der Waals surface area contributed by atoms with E-state index >= 15 is 0 Å². The molecule has 2 rings (SSSR count). The van der Waals surface area contributed by atoms with E-state index in [1.165, 1.54) is 6.42 Å². The first-order valence-corrected chi connectivity index (χ1v) is 7.53. The SMILES string of the molecule is CCC1(C)CCN(C(=O)C(C)(N)c2ccccc2)CC1.Cl. The van der Waals surface area contributed by atoms with Crippen molar-refractivity contribution in [1.29, 1.82) is 0 Å². The second kappa shape index (κ2) is 6.80. The van der Waals surface area contributed by atoms with Gasteiger partial charge in [-0.15, -0.1) is 12.4 Å². The minimum absolute atomic E-state index is 0. The number of carbonyl (C=O) groups is 1. The molecule has 1 aromatic rings. The molecule has 1 fully saturated rings. The lowest BCUT2D eigenvalue weighted by atomic mass is 9.77. The number of nitrogens with two attached hydrogens (primary N) is 1. The molecule has 0 bridgehead atoms. The number of likely N-dealkylation sites (tertiary alicyclic amines) is 1. The van der Waals surface area contributed by atoms with Gasteiger partial charge >= 0.3 is 0 Å². The topological polar surface area (TPSA) is 46.3 Å². The highest BCUT2D eigenvalue weighted by Crippen LogP contribution is 2.35. The Hall–Kier alpha value is -1.06. The summed E-state index contributed by atoms with van der Waals surface area (Å²) in [5.74, 6) is 0.0434. The van der Waals surface area contributed by atoms with E-state index in [-0.39, 0.29) is 18.3 Å². The average molecular weight is 311 g/mol. The summed E-state index contributed by atoms with van der Waals surface area (Å²) in [5, 5.41) is 0. The first kappa shape index (κ1) is 18.0. The van der Waals surface area contributed by atoms with Crippen LogP contribution in [0.1, 0.15) is 45.6 Å². The molecular formula is C17H27ClN2O. The van der Waals surface area contributed by atoms with Gasteiger partial charge in [-0.3, -0.25) is 4.79 Å². The van der Waals surface area contributed by atoms with E-state index in [4.69, 9.17) is 5.73 Å². The molecule has 0 aromatic heterocycles. The number of amides is 1. The number of hydrogen-bond donors (Lipinski definition) is 1. The maximum absolute atomic E-state index is 12.7. The summed E-state index contributed by atoms with van der Waals surface area (Å²) >= 11 is 0. The third-order valence-corrected chi connectivity index (χ3v) is 4.93. The number of rotatable bonds is 3. The van der Waals surface area contributed by atoms with Crippen molar-refractivity contribution in [3.63, 3.8) is 0 Å². The van der Waals surface area contributed by atoms with E-state index in [2.05, 4.69) is 13.8 Å². The first-order chi connectivity index (χ1) is 9.39. The highest BCUT2D eigenvalue weighted by atomic mass is 35.5. The van der Waals surface area contributed by atoms with Gasteiger partial charge in [-0.2, -0.15) is 0 Å². The molecule has 0 aliphatic carbocycles. The average Bonchev–Trinajstić information content (AvgIpc) is 2.48. The summed E-state index contributed by atoms with van der Waals surface area (Å²) in [6, 6.07) is 9.66. The van der Waals surface area contributed by atoms with Crippen molar-refractivity contribution >= 4 is 18.3 Å². The van der Waals surface area contributed by atoms with Crippen LogP contribution < -0.4 is 5.73 Å². The van der Waals surface area contributed by atoms with Gasteiger partial charge in [0, 0.05) is 13.1 Å². The lowest BCUT2D eigenvalue weighted by Crippen LogP contribution is -2.53. The molecule has 3 nitrogen and oxygen atoms in total. The van der Waals surface area contributed by atoms with Crippen molar-refractivity contribution in [2.75, 3.05) is 13.1 Å². The van der Waals surface area contributed by atoms with Gasteiger partial charge in [0.15, 0.2) is 0 Å². The van der Waals surface area contributed by atoms with E-state index in [1.54, 1.807) is 0 Å². The Morgan fingerprint density at radius 1 is 1.29 bits per heavy atom. The molecule has 1 aliphatic rings. The largest absolute Gasteiger partial charge is 0.341 e. The van der Waals surface area contributed by atoms with Gasteiger partial charge < -0.3 is 10.6 Å². The van der Waals surface area contributed by atoms with Crippen LogP contribution >= 0.6 is 12.4 Å². The Morgan fingerprint density at radius 2 is 1.81 bits per heavy atom. The zero-order valence-corrected chi connectivity index (χ0v) is 14.1. The van der Waals surface area contributed by atoms with Gasteiger partial charge in [0.25, 0.3) is 0 Å². The molecule has 21 heavy (non-hydrogen) atoms. The van der Waals surface area contributed by atoms with Crippen LogP contribution in [0.15, 0.2) is 30.3 Å². The number of halogens is 1. The van der Waals surface area contributed by atoms with Gasteiger partial charge in [-0.05, 0) is 30.7 Å². The Kier molecular flexibility index (Phi) is 5.83. The van der Waals surface area contributed by atoms with Crippen LogP contribution in [-0.2, 0) is 10.3 Å². The molecule has 0 saturated carbocycles. The molecule has 2 N–H and O–H groups in total. The first-order valence-electron chi connectivity index (χ1n) is 7.53. The molecule has 1 aliphatic heterocycles. The number of benzene rings is 1. The van der Waals surface area contributed by atoms with Crippen LogP contribution in [0.3, 0.4) is 0 Å². The van der Waals surface area contributed by atoms with Crippen LogP contribution in [-0.4, -0.2) is 23.9 Å². The summed E-state index contributed by atoms with van der Waals surface area (Å²) in [4.78, 5) is 14.7. The van der Waals surface area contributed by atoms with Crippen molar-refractivity contribution in [2.24, 2.45) is 11.1 Å². The highest BCUT2D eigenvalue weighted by Gasteiger charge is 2.38. The van der Waals surface area contributed by atoms with Gasteiger partial charge in [0.1, 0.15) is 5.54 Å². The second-order valence-electron chi connectivity index (χ2n) is 6.52. The Balaban J connectivity index is 0.00000220. The third-order valence-electron chi connectivity index (χ3n) is 4.93. The van der Waals surface area contributed by atoms with E-state index in [0.29, 0.717) is 5.41 Å². The number of hydrogen-bond acceptors (Lipinski definition) is 2. The van der Waals surface area contributed by atoms with Crippen molar-refractivity contribution in [1.82, 2.24) is 4.90 Å². The smallest absolute Gasteiger partial charge is 0.246 e. The Morgan fingerprint density at radius 3 is 2.29 bits per heavy atom. The molecular weight excluding hydrogens is 284 g/mol. The molecule has 4 heteroatoms. The van der Waals surface area contributed by atoms with Crippen LogP contribution in [0.4, 0.5) is 0 Å². The quantitative estimate of drug-likeness (QED) is 0.931. The standard InChI is InChI=1S/C17H26N2O.ClH/c1-4-16(2)10-12-19(13-11-16)15(20)17(3,18)14-8-6-5-7-9-14;/h5-9H,4,10-13,18H2,1-3H3;1H. The number of carbonyl (C=O) groups excluding carboxylic acids is 1. The lowest BCUT2D eigenvalue weighted by Gasteiger charge is -2.41. The monoisotopic (exact) mass is 310 g/mol. The fraction of sp³-hybridized carbons (Fsp3) is 0.588. The minimum Gasteiger partial charge on any atom is -0.341 e. The summed E-state index contributed by atoms with van der Waals surface area (Å²) in [6.07, 6.45) is 3.31. The predicted octanol–water partition coefficient (Wildman–Crippen LogP) is 3.32. The minimum atomic E-state index is -0.929. The summed E-state index contributed by atoms with van der Waals surface area (Å²) in [6.45, 7) is 8.01. The maximum atomic E-state index is 12.7. The second-order valence-corrected chi connectivity index (χ2v) is 6.52. The molecule has 0 spiro atoms. The van der Waals surface area contributed by atoms with Gasteiger partial charge in [-0.25, -0.2) is 0 Å². The molecule has 1 saturated heterocycles. The molecule has 0 radical (unpaired) electrons. The number of piperidine rings is 1. The van der Waals surface area contributed by atoms with Gasteiger partial charge in [0.2, 0.25) is 5.91 Å². The summed E-state index contributed by atoms with van der Waals surface area (Å²) in [5.41, 5.74) is 6.66. The fourth-order valence-corrected chi connectivity index (χ4v) is 2.84. The zero-order chi connectivity index (χ0) is 14.8. The maximum Gasteiger partial charge on any atom is 0.246 e. The van der Waals surface area contributed by atoms with E-state index in [1.807, 2.05) is 42.2 Å². The molecule has 1 aromatic carbocycles. The van der Waals surface area contributed by atoms with E-state index in [0.717, 1.165) is 31.5 Å². The Labute approximate surface area is 134 Å². The molecule has 1 heterocycles. The normalized spacial score (nSPS) is 20.3. The van der Waals surface area contributed by atoms with E-state index in [9.17, 15) is 4.79 Å². The highest BCUT2D eigenvalue weighted by molar-refractivity contribution is 5.87. The van der Waals surface area contributed by atoms with Crippen LogP contribution in [0.5, 0.6) is 0 Å². The van der Waals surface area contributed by atoms with Gasteiger partial charge in [-0.1, -0.05) is 50.6 Å². The summed E-state index contributed by atoms with van der Waals surface area (Å²) in [7, 11) is 0. The van der Waals surface area contributed by atoms with Crippen molar-refractivity contribution in [3.8, 4) is 0 Å². The zero-order valence-electron chi connectivity index (χ0n) is 13.3. The molecule has 118 valence electrons. The van der Waals surface area contributed by atoms with Crippen LogP contribution in [0.2, 0.25) is 0 Å².